The maximum absolute atomic E-state index is 13.9. The molecule has 1 atom stereocenters. The van der Waals surface area contributed by atoms with Crippen molar-refractivity contribution >= 4 is 27.5 Å². The van der Waals surface area contributed by atoms with E-state index in [4.69, 9.17) is 9.47 Å². The highest BCUT2D eigenvalue weighted by Crippen LogP contribution is 2.36. The lowest BCUT2D eigenvalue weighted by Gasteiger charge is -2.33. The van der Waals surface area contributed by atoms with Gasteiger partial charge in [-0.25, -0.2) is 8.42 Å². The molecule has 1 aliphatic rings. The number of anilines is 1. The van der Waals surface area contributed by atoms with Gasteiger partial charge in [-0.15, -0.1) is 0 Å². The van der Waals surface area contributed by atoms with Gasteiger partial charge in [0.2, 0.25) is 28.6 Å². The topological polar surface area (TPSA) is 105 Å². The predicted octanol–water partition coefficient (Wildman–Crippen LogP) is 3.60. The van der Waals surface area contributed by atoms with Crippen LogP contribution in [0.25, 0.3) is 0 Å². The number of aryl methyl sites for hydroxylation is 1. The summed E-state index contributed by atoms with van der Waals surface area (Å²) in [6.07, 6.45) is 2.16. The Labute approximate surface area is 219 Å². The van der Waals surface area contributed by atoms with E-state index in [1.54, 1.807) is 18.2 Å². The van der Waals surface area contributed by atoms with Crippen LogP contribution in [0.3, 0.4) is 0 Å². The van der Waals surface area contributed by atoms with E-state index in [0.29, 0.717) is 30.2 Å². The molecule has 2 aromatic carbocycles. The predicted molar refractivity (Wildman–Crippen MR) is 143 cm³/mol. The van der Waals surface area contributed by atoms with Crippen LogP contribution in [-0.2, 0) is 26.2 Å². The fourth-order valence-electron chi connectivity index (χ4n) is 4.16. The molecule has 202 valence electrons. The van der Waals surface area contributed by atoms with Crippen molar-refractivity contribution < 1.29 is 27.5 Å². The number of fused-ring (bicyclic) bond motifs is 1. The molecule has 0 aromatic heterocycles. The molecule has 0 aliphatic carbocycles. The monoisotopic (exact) mass is 531 g/mol. The largest absolute Gasteiger partial charge is 0.454 e. The lowest BCUT2D eigenvalue weighted by molar-refractivity contribution is -0.140. The summed E-state index contributed by atoms with van der Waals surface area (Å²) in [6.45, 7) is 7.67. The molecule has 1 N–H and O–H groups in total. The van der Waals surface area contributed by atoms with Crippen LogP contribution in [0.2, 0.25) is 0 Å². The summed E-state index contributed by atoms with van der Waals surface area (Å²) in [4.78, 5) is 28.5. The van der Waals surface area contributed by atoms with Crippen LogP contribution >= 0.6 is 0 Å². The number of nitrogens with zero attached hydrogens (tertiary/aromatic N) is 2. The van der Waals surface area contributed by atoms with Crippen molar-refractivity contribution in [2.75, 3.05) is 29.9 Å². The van der Waals surface area contributed by atoms with Gasteiger partial charge in [-0.3, -0.25) is 13.9 Å². The zero-order valence-electron chi connectivity index (χ0n) is 22.0. The Bertz CT molecular complexity index is 1200. The molecule has 2 aromatic rings. The highest BCUT2D eigenvalue weighted by Gasteiger charge is 2.33. The number of hydrogen-bond acceptors (Lipinski definition) is 6. The molecule has 0 bridgehead atoms. The third-order valence-electron chi connectivity index (χ3n) is 6.44. The molecule has 9 nitrogen and oxygen atoms in total. The Morgan fingerprint density at radius 1 is 1.05 bits per heavy atom. The van der Waals surface area contributed by atoms with Crippen LogP contribution in [0.1, 0.15) is 51.2 Å². The van der Waals surface area contributed by atoms with Gasteiger partial charge in [-0.2, -0.15) is 0 Å². The first-order valence-electron chi connectivity index (χ1n) is 12.7. The molecule has 0 fully saturated rings. The summed E-state index contributed by atoms with van der Waals surface area (Å²) in [7, 11) is -3.82. The lowest BCUT2D eigenvalue weighted by atomic mass is 10.1. The summed E-state index contributed by atoms with van der Waals surface area (Å²) in [5, 5.41) is 2.93. The summed E-state index contributed by atoms with van der Waals surface area (Å²) < 4.78 is 38.1. The molecule has 1 aliphatic heterocycles. The first kappa shape index (κ1) is 28.3. The summed E-state index contributed by atoms with van der Waals surface area (Å²) in [5.41, 5.74) is 2.18. The van der Waals surface area contributed by atoms with Crippen LogP contribution in [-0.4, -0.2) is 56.8 Å². The van der Waals surface area contributed by atoms with Gasteiger partial charge in [-0.1, -0.05) is 44.5 Å². The number of nitrogens with one attached hydrogen (secondary N) is 1. The van der Waals surface area contributed by atoms with E-state index in [1.165, 1.54) is 11.8 Å². The third kappa shape index (κ3) is 6.94. The normalized spacial score (nSPS) is 13.2. The van der Waals surface area contributed by atoms with Crippen LogP contribution in [0.15, 0.2) is 42.5 Å². The van der Waals surface area contributed by atoms with Gasteiger partial charge in [-0.05, 0) is 49.9 Å². The van der Waals surface area contributed by atoms with Gasteiger partial charge >= 0.3 is 0 Å². The summed E-state index contributed by atoms with van der Waals surface area (Å²) in [5.74, 6) is 0.0299. The minimum absolute atomic E-state index is 0.0494. The van der Waals surface area contributed by atoms with Crippen LogP contribution in [0.4, 0.5) is 5.69 Å². The van der Waals surface area contributed by atoms with Crippen molar-refractivity contribution in [3.05, 3.63) is 53.6 Å². The van der Waals surface area contributed by atoms with Crippen LogP contribution in [0.5, 0.6) is 11.5 Å². The second-order valence-electron chi connectivity index (χ2n) is 8.96. The highest BCUT2D eigenvalue weighted by atomic mass is 32.2. The van der Waals surface area contributed by atoms with E-state index in [9.17, 15) is 18.0 Å². The van der Waals surface area contributed by atoms with Crippen LogP contribution < -0.4 is 19.1 Å². The van der Waals surface area contributed by atoms with Gasteiger partial charge in [0.15, 0.2) is 11.5 Å². The number of unbranched alkanes of at least 4 members (excludes halogenated alkanes) is 1. The summed E-state index contributed by atoms with van der Waals surface area (Å²) >= 11 is 0. The van der Waals surface area contributed by atoms with Crippen molar-refractivity contribution in [1.29, 1.82) is 0 Å². The van der Waals surface area contributed by atoms with Crippen molar-refractivity contribution in [1.82, 2.24) is 10.2 Å². The Morgan fingerprint density at radius 3 is 2.46 bits per heavy atom. The van der Waals surface area contributed by atoms with Crippen molar-refractivity contribution in [3.8, 4) is 11.5 Å². The average Bonchev–Trinajstić information content (AvgIpc) is 3.36. The fourth-order valence-corrected chi connectivity index (χ4v) is 5.21. The number of carbonyl (C=O) groups excluding carboxylic acids is 2. The van der Waals surface area contributed by atoms with E-state index in [-0.39, 0.29) is 25.0 Å². The number of benzene rings is 2. The first-order valence-corrected chi connectivity index (χ1v) is 14.3. The van der Waals surface area contributed by atoms with Gasteiger partial charge in [0, 0.05) is 19.2 Å². The molecule has 37 heavy (non-hydrogen) atoms. The van der Waals surface area contributed by atoms with E-state index in [2.05, 4.69) is 5.32 Å². The molecule has 0 radical (unpaired) electrons. The molecule has 0 unspecified atom stereocenters. The minimum atomic E-state index is -3.82. The number of carbonyl (C=O) groups is 2. The Kier molecular flexibility index (Phi) is 9.79. The van der Waals surface area contributed by atoms with Crippen molar-refractivity contribution in [2.24, 2.45) is 0 Å². The second kappa shape index (κ2) is 12.8. The third-order valence-corrected chi connectivity index (χ3v) is 8.18. The van der Waals surface area contributed by atoms with Gasteiger partial charge in [0.05, 0.1) is 11.4 Å². The maximum Gasteiger partial charge on any atom is 0.244 e. The maximum atomic E-state index is 13.9. The number of ether oxygens (including phenoxy) is 2. The molecule has 0 saturated heterocycles. The number of rotatable bonds is 13. The molecule has 0 spiro atoms. The zero-order valence-corrected chi connectivity index (χ0v) is 22.8. The average molecular weight is 532 g/mol. The zero-order chi connectivity index (χ0) is 27.0. The van der Waals surface area contributed by atoms with E-state index in [0.717, 1.165) is 28.3 Å². The molecular weight excluding hydrogens is 494 g/mol. The molecule has 3 rings (SSSR count). The molecule has 2 amide bonds. The number of amides is 2. The SMILES string of the molecule is CCCCNC(=O)[C@H](CC)N(Cc1ccccc1C)C(=O)CN(c1ccc2c(c1)OCO2)S(=O)(=O)CC. The first-order chi connectivity index (χ1) is 17.7. The highest BCUT2D eigenvalue weighted by molar-refractivity contribution is 7.92. The minimum Gasteiger partial charge on any atom is -0.454 e. The van der Waals surface area contributed by atoms with Crippen molar-refractivity contribution in [2.45, 2.75) is 59.5 Å². The van der Waals surface area contributed by atoms with Crippen LogP contribution in [0, 0.1) is 6.92 Å². The number of hydrogen-bond donors (Lipinski definition) is 1. The van der Waals surface area contributed by atoms with Gasteiger partial charge < -0.3 is 19.7 Å². The number of sulfonamides is 1. The Hall–Kier alpha value is -3.27. The van der Waals surface area contributed by atoms with Crippen molar-refractivity contribution in [3.63, 3.8) is 0 Å². The Balaban J connectivity index is 1.96. The fraction of sp³-hybridized carbons (Fsp3) is 0.481. The lowest BCUT2D eigenvalue weighted by Crippen LogP contribution is -2.52. The second-order valence-corrected chi connectivity index (χ2v) is 11.1. The van der Waals surface area contributed by atoms with E-state index < -0.39 is 28.5 Å². The van der Waals surface area contributed by atoms with Gasteiger partial charge in [0.25, 0.3) is 0 Å². The molecule has 1 heterocycles. The molecule has 10 heteroatoms. The standard InChI is InChI=1S/C27H37N3O6S/c1-5-8-15-28-27(32)23(6-2)29(17-21-12-10-9-11-20(21)4)26(31)18-30(37(33,34)7-3)22-13-14-24-25(16-22)36-19-35-24/h9-14,16,23H,5-8,15,17-19H2,1-4H3,(H,28,32)/t23-/m0/s1. The quantitative estimate of drug-likeness (QED) is 0.396. The Morgan fingerprint density at radius 2 is 1.78 bits per heavy atom. The van der Waals surface area contributed by atoms with Gasteiger partial charge in [0.1, 0.15) is 12.6 Å². The summed E-state index contributed by atoms with van der Waals surface area (Å²) in [6, 6.07) is 11.7. The van der Waals surface area contributed by atoms with E-state index >= 15 is 0 Å². The molecular formula is C27H37N3O6S. The molecule has 0 saturated carbocycles. The van der Waals surface area contributed by atoms with E-state index in [1.807, 2.05) is 45.0 Å². The smallest absolute Gasteiger partial charge is 0.244 e.